The predicted molar refractivity (Wildman–Crippen MR) is 90.7 cm³/mol. The second-order valence-corrected chi connectivity index (χ2v) is 5.26. The summed E-state index contributed by atoms with van der Waals surface area (Å²) in [7, 11) is 1.90. The van der Waals surface area contributed by atoms with Crippen LogP contribution in [-0.4, -0.2) is 7.05 Å². The minimum Gasteiger partial charge on any atom is -0.394 e. The topological polar surface area (TPSA) is 12.0 Å². The monoisotopic (exact) mass is 267 g/mol. The lowest BCUT2D eigenvalue weighted by Gasteiger charge is -2.16. The SMILES string of the molecule is C=C(C)C(=C)/C(=C\NC)CC(=C)c1c(C)cccc1C. The van der Waals surface area contributed by atoms with Crippen molar-refractivity contribution in [3.8, 4) is 0 Å². The molecule has 0 saturated carbocycles. The summed E-state index contributed by atoms with van der Waals surface area (Å²) in [4.78, 5) is 0. The fourth-order valence-electron chi connectivity index (χ4n) is 2.38. The Bertz CT molecular complexity index is 553. The molecule has 106 valence electrons. The number of rotatable bonds is 6. The van der Waals surface area contributed by atoms with Crippen LogP contribution in [0.2, 0.25) is 0 Å². The van der Waals surface area contributed by atoms with E-state index in [2.05, 4.69) is 57.1 Å². The Morgan fingerprint density at radius 2 is 1.70 bits per heavy atom. The van der Waals surface area contributed by atoms with E-state index in [0.717, 1.165) is 28.7 Å². The van der Waals surface area contributed by atoms with Gasteiger partial charge in [0.05, 0.1) is 0 Å². The van der Waals surface area contributed by atoms with Gasteiger partial charge in [-0.1, -0.05) is 43.5 Å². The first-order chi connectivity index (χ1) is 9.38. The molecule has 0 radical (unpaired) electrons. The van der Waals surface area contributed by atoms with E-state index in [0.29, 0.717) is 0 Å². The van der Waals surface area contributed by atoms with Crippen molar-refractivity contribution in [1.29, 1.82) is 0 Å². The minimum atomic E-state index is 0.776. The average molecular weight is 267 g/mol. The zero-order chi connectivity index (χ0) is 15.3. The number of benzene rings is 1. The molecule has 1 rings (SSSR count). The van der Waals surface area contributed by atoms with Gasteiger partial charge >= 0.3 is 0 Å². The molecular formula is C19H25N. The maximum absolute atomic E-state index is 4.27. The van der Waals surface area contributed by atoms with Crippen molar-refractivity contribution in [1.82, 2.24) is 5.32 Å². The Hall–Kier alpha value is -2.02. The highest BCUT2D eigenvalue weighted by molar-refractivity contribution is 5.72. The molecule has 0 heterocycles. The van der Waals surface area contributed by atoms with Gasteiger partial charge in [-0.25, -0.2) is 0 Å². The van der Waals surface area contributed by atoms with Crippen LogP contribution in [0.4, 0.5) is 0 Å². The molecule has 0 unspecified atom stereocenters. The molecule has 1 nitrogen and oxygen atoms in total. The molecule has 0 aliphatic rings. The van der Waals surface area contributed by atoms with Crippen molar-refractivity contribution in [3.63, 3.8) is 0 Å². The Kier molecular flexibility index (Phi) is 5.57. The number of aryl methyl sites for hydroxylation is 2. The van der Waals surface area contributed by atoms with Gasteiger partial charge in [0, 0.05) is 13.2 Å². The summed E-state index contributed by atoms with van der Waals surface area (Å²) in [5.41, 5.74) is 7.99. The van der Waals surface area contributed by atoms with E-state index in [1.807, 2.05) is 20.2 Å². The van der Waals surface area contributed by atoms with E-state index in [9.17, 15) is 0 Å². The molecule has 1 aromatic rings. The van der Waals surface area contributed by atoms with Crippen LogP contribution < -0.4 is 5.32 Å². The standard InChI is InChI=1S/C19H25N/c1-13(2)17(6)18(12-20-7)11-16(5)19-14(3)9-8-10-15(19)4/h8-10,12,20H,1,5-6,11H2,2-4,7H3/b18-12-. The third-order valence-corrected chi connectivity index (χ3v) is 3.46. The number of nitrogens with one attached hydrogen (secondary N) is 1. The van der Waals surface area contributed by atoms with Gasteiger partial charge in [0.1, 0.15) is 0 Å². The van der Waals surface area contributed by atoms with E-state index in [-0.39, 0.29) is 0 Å². The van der Waals surface area contributed by atoms with Crippen LogP contribution in [0.3, 0.4) is 0 Å². The molecule has 0 bridgehead atoms. The molecule has 1 aromatic carbocycles. The van der Waals surface area contributed by atoms with E-state index in [1.165, 1.54) is 16.7 Å². The van der Waals surface area contributed by atoms with E-state index >= 15 is 0 Å². The first-order valence-corrected chi connectivity index (χ1v) is 6.84. The molecule has 0 aromatic heterocycles. The maximum atomic E-state index is 4.27. The van der Waals surface area contributed by atoms with Crippen molar-refractivity contribution in [2.24, 2.45) is 0 Å². The van der Waals surface area contributed by atoms with Gasteiger partial charge in [0.2, 0.25) is 0 Å². The summed E-state index contributed by atoms with van der Waals surface area (Å²) < 4.78 is 0. The van der Waals surface area contributed by atoms with Gasteiger partial charge in [0.15, 0.2) is 0 Å². The van der Waals surface area contributed by atoms with Crippen LogP contribution in [0.1, 0.15) is 30.0 Å². The van der Waals surface area contributed by atoms with Crippen LogP contribution in [0, 0.1) is 13.8 Å². The fourth-order valence-corrected chi connectivity index (χ4v) is 2.38. The van der Waals surface area contributed by atoms with Crippen molar-refractivity contribution >= 4 is 5.57 Å². The lowest BCUT2D eigenvalue weighted by Crippen LogP contribution is -2.01. The summed E-state index contributed by atoms with van der Waals surface area (Å²) in [6, 6.07) is 6.34. The third kappa shape index (κ3) is 3.74. The maximum Gasteiger partial charge on any atom is 0.00278 e. The van der Waals surface area contributed by atoms with Gasteiger partial charge in [-0.2, -0.15) is 0 Å². The summed E-state index contributed by atoms with van der Waals surface area (Å²) in [5, 5.41) is 3.08. The number of hydrogen-bond acceptors (Lipinski definition) is 1. The highest BCUT2D eigenvalue weighted by atomic mass is 14.8. The van der Waals surface area contributed by atoms with Crippen molar-refractivity contribution < 1.29 is 0 Å². The molecule has 1 heteroatoms. The van der Waals surface area contributed by atoms with Gasteiger partial charge in [0.25, 0.3) is 0 Å². The summed E-state index contributed by atoms with van der Waals surface area (Å²) >= 11 is 0. The molecule has 1 N–H and O–H groups in total. The van der Waals surface area contributed by atoms with E-state index in [4.69, 9.17) is 0 Å². The Labute approximate surface area is 123 Å². The van der Waals surface area contributed by atoms with Gasteiger partial charge < -0.3 is 5.32 Å². The molecule has 0 saturated heterocycles. The Balaban J connectivity index is 3.07. The van der Waals surface area contributed by atoms with Gasteiger partial charge in [-0.15, -0.1) is 0 Å². The van der Waals surface area contributed by atoms with Crippen molar-refractivity contribution in [2.75, 3.05) is 7.05 Å². The second kappa shape index (κ2) is 6.95. The first-order valence-electron chi connectivity index (χ1n) is 6.84. The van der Waals surface area contributed by atoms with Crippen LogP contribution in [0.15, 0.2) is 60.9 Å². The van der Waals surface area contributed by atoms with Crippen LogP contribution in [0.25, 0.3) is 5.57 Å². The van der Waals surface area contributed by atoms with E-state index in [1.54, 1.807) is 0 Å². The van der Waals surface area contributed by atoms with Crippen LogP contribution in [0.5, 0.6) is 0 Å². The molecular weight excluding hydrogens is 242 g/mol. The molecule has 0 fully saturated rings. The molecule has 0 spiro atoms. The highest BCUT2D eigenvalue weighted by Crippen LogP contribution is 2.30. The van der Waals surface area contributed by atoms with Crippen molar-refractivity contribution in [3.05, 3.63) is 77.5 Å². The van der Waals surface area contributed by atoms with E-state index < -0.39 is 0 Å². The number of hydrogen-bond donors (Lipinski definition) is 1. The Morgan fingerprint density at radius 3 is 2.15 bits per heavy atom. The predicted octanol–water partition coefficient (Wildman–Crippen LogP) is 4.94. The van der Waals surface area contributed by atoms with Gasteiger partial charge in [-0.3, -0.25) is 0 Å². The summed E-state index contributed by atoms with van der Waals surface area (Å²) in [6.45, 7) is 18.6. The average Bonchev–Trinajstić information content (AvgIpc) is 2.37. The first kappa shape index (κ1) is 16.0. The quantitative estimate of drug-likeness (QED) is 0.720. The molecule has 0 aliphatic heterocycles. The lowest BCUT2D eigenvalue weighted by molar-refractivity contribution is 1.05. The smallest absolute Gasteiger partial charge is 0.00278 e. The van der Waals surface area contributed by atoms with Crippen molar-refractivity contribution in [2.45, 2.75) is 27.2 Å². The molecule has 0 amide bonds. The molecule has 0 aliphatic carbocycles. The number of allylic oxidation sites excluding steroid dienone is 4. The highest BCUT2D eigenvalue weighted by Gasteiger charge is 2.11. The second-order valence-electron chi connectivity index (χ2n) is 5.26. The normalized spacial score (nSPS) is 11.1. The zero-order valence-corrected chi connectivity index (χ0v) is 13.1. The fraction of sp³-hybridized carbons (Fsp3) is 0.263. The largest absolute Gasteiger partial charge is 0.394 e. The summed E-state index contributed by atoms with van der Waals surface area (Å²) in [6.07, 6.45) is 2.76. The molecule has 20 heavy (non-hydrogen) atoms. The van der Waals surface area contributed by atoms with Crippen LogP contribution >= 0.6 is 0 Å². The van der Waals surface area contributed by atoms with Gasteiger partial charge in [-0.05, 0) is 60.6 Å². The van der Waals surface area contributed by atoms with Crippen LogP contribution in [-0.2, 0) is 0 Å². The molecule has 0 atom stereocenters. The summed E-state index contributed by atoms with van der Waals surface area (Å²) in [5.74, 6) is 0. The zero-order valence-electron chi connectivity index (χ0n) is 13.1. The minimum absolute atomic E-state index is 0.776. The third-order valence-electron chi connectivity index (χ3n) is 3.46. The lowest BCUT2D eigenvalue weighted by atomic mass is 9.89. The Morgan fingerprint density at radius 1 is 1.15 bits per heavy atom.